The normalized spacial score (nSPS) is 12.2. The summed E-state index contributed by atoms with van der Waals surface area (Å²) in [5, 5.41) is 11.6. The monoisotopic (exact) mass is 179 g/mol. The van der Waals surface area contributed by atoms with Crippen LogP contribution in [0.4, 0.5) is 5.69 Å². The number of rotatable bonds is 2. The van der Waals surface area contributed by atoms with Gasteiger partial charge in [-0.15, -0.1) is 0 Å². The quantitative estimate of drug-likeness (QED) is 0.719. The Bertz CT molecular complexity index is 308. The van der Waals surface area contributed by atoms with E-state index in [0.29, 0.717) is 0 Å². The fourth-order valence-corrected chi connectivity index (χ4v) is 0.950. The molecule has 2 N–H and O–H groups in total. The first-order valence-corrected chi connectivity index (χ1v) is 4.16. The van der Waals surface area contributed by atoms with E-state index < -0.39 is 6.10 Å². The standard InChI is InChI=1S/C10H13NO2/c1-7-5-3-4-6-9(7)11-10(13)8(2)12/h3-6,8,12H,1-2H3,(H,11,13). The summed E-state index contributed by atoms with van der Waals surface area (Å²) < 4.78 is 0. The first kappa shape index (κ1) is 9.74. The maximum Gasteiger partial charge on any atom is 0.252 e. The van der Waals surface area contributed by atoms with Crippen LogP contribution < -0.4 is 5.32 Å². The molecule has 0 aliphatic carbocycles. The van der Waals surface area contributed by atoms with Crippen LogP contribution in [-0.4, -0.2) is 17.1 Å². The molecule has 13 heavy (non-hydrogen) atoms. The predicted molar refractivity (Wildman–Crippen MR) is 51.5 cm³/mol. The van der Waals surface area contributed by atoms with Crippen LogP contribution in [0.25, 0.3) is 0 Å². The van der Waals surface area contributed by atoms with Gasteiger partial charge in [0.15, 0.2) is 0 Å². The average molecular weight is 179 g/mol. The van der Waals surface area contributed by atoms with Crippen LogP contribution in [-0.2, 0) is 4.79 Å². The van der Waals surface area contributed by atoms with E-state index in [2.05, 4.69) is 5.32 Å². The van der Waals surface area contributed by atoms with Gasteiger partial charge in [-0.05, 0) is 25.5 Å². The maximum absolute atomic E-state index is 11.1. The van der Waals surface area contributed by atoms with E-state index in [1.807, 2.05) is 25.1 Å². The fraction of sp³-hybridized carbons (Fsp3) is 0.300. The van der Waals surface area contributed by atoms with Gasteiger partial charge in [0.05, 0.1) is 0 Å². The minimum absolute atomic E-state index is 0.380. The number of nitrogens with one attached hydrogen (secondary N) is 1. The molecular formula is C10H13NO2. The van der Waals surface area contributed by atoms with Crippen molar-refractivity contribution in [3.63, 3.8) is 0 Å². The van der Waals surface area contributed by atoms with Gasteiger partial charge in [0.1, 0.15) is 6.10 Å². The van der Waals surface area contributed by atoms with Gasteiger partial charge in [-0.1, -0.05) is 18.2 Å². The zero-order valence-electron chi connectivity index (χ0n) is 7.74. The number of para-hydroxylation sites is 1. The molecule has 1 aromatic carbocycles. The molecule has 0 aliphatic rings. The Hall–Kier alpha value is -1.35. The van der Waals surface area contributed by atoms with Gasteiger partial charge < -0.3 is 10.4 Å². The zero-order chi connectivity index (χ0) is 9.84. The Morgan fingerprint density at radius 1 is 1.46 bits per heavy atom. The highest BCUT2D eigenvalue weighted by Gasteiger charge is 2.08. The van der Waals surface area contributed by atoms with Crippen molar-refractivity contribution in [2.75, 3.05) is 5.32 Å². The smallest absolute Gasteiger partial charge is 0.252 e. The van der Waals surface area contributed by atoms with E-state index in [1.54, 1.807) is 6.07 Å². The van der Waals surface area contributed by atoms with Gasteiger partial charge in [0.2, 0.25) is 0 Å². The summed E-state index contributed by atoms with van der Waals surface area (Å²) >= 11 is 0. The number of carbonyl (C=O) groups excluding carboxylic acids is 1. The SMILES string of the molecule is Cc1ccccc1NC(=O)C(C)O. The molecule has 3 heteroatoms. The van der Waals surface area contributed by atoms with Gasteiger partial charge >= 0.3 is 0 Å². The zero-order valence-corrected chi connectivity index (χ0v) is 7.74. The second-order valence-electron chi connectivity index (χ2n) is 2.98. The lowest BCUT2D eigenvalue weighted by Crippen LogP contribution is -2.24. The number of aryl methyl sites for hydroxylation is 1. The summed E-state index contributed by atoms with van der Waals surface area (Å²) in [6.45, 7) is 3.34. The molecule has 0 fully saturated rings. The number of aliphatic hydroxyl groups excluding tert-OH is 1. The van der Waals surface area contributed by atoms with Crippen molar-refractivity contribution in [3.8, 4) is 0 Å². The number of hydrogen-bond donors (Lipinski definition) is 2. The largest absolute Gasteiger partial charge is 0.384 e. The lowest BCUT2D eigenvalue weighted by Gasteiger charge is -2.08. The third-order valence-corrected chi connectivity index (χ3v) is 1.78. The highest BCUT2D eigenvalue weighted by Crippen LogP contribution is 2.12. The van der Waals surface area contributed by atoms with Crippen LogP contribution >= 0.6 is 0 Å². The highest BCUT2D eigenvalue weighted by atomic mass is 16.3. The molecule has 0 saturated heterocycles. The molecular weight excluding hydrogens is 166 g/mol. The van der Waals surface area contributed by atoms with Crippen LogP contribution in [0.3, 0.4) is 0 Å². The third kappa shape index (κ3) is 2.56. The highest BCUT2D eigenvalue weighted by molar-refractivity contribution is 5.94. The molecule has 1 unspecified atom stereocenters. The number of carbonyl (C=O) groups is 1. The molecule has 0 spiro atoms. The molecule has 70 valence electrons. The lowest BCUT2D eigenvalue weighted by molar-refractivity contribution is -0.123. The molecule has 0 radical (unpaired) electrons. The molecule has 0 bridgehead atoms. The van der Waals surface area contributed by atoms with Crippen LogP contribution in [0, 0.1) is 6.92 Å². The van der Waals surface area contributed by atoms with Crippen molar-refractivity contribution in [2.24, 2.45) is 0 Å². The van der Waals surface area contributed by atoms with Gasteiger partial charge in [-0.25, -0.2) is 0 Å². The number of anilines is 1. The lowest BCUT2D eigenvalue weighted by atomic mass is 10.2. The van der Waals surface area contributed by atoms with E-state index in [9.17, 15) is 4.79 Å². The van der Waals surface area contributed by atoms with Crippen molar-refractivity contribution < 1.29 is 9.90 Å². The van der Waals surface area contributed by atoms with E-state index in [-0.39, 0.29) is 5.91 Å². The second kappa shape index (κ2) is 4.05. The Morgan fingerprint density at radius 2 is 2.08 bits per heavy atom. The molecule has 1 aromatic rings. The Labute approximate surface area is 77.4 Å². The minimum Gasteiger partial charge on any atom is -0.384 e. The topological polar surface area (TPSA) is 49.3 Å². The number of amides is 1. The molecule has 3 nitrogen and oxygen atoms in total. The first-order chi connectivity index (χ1) is 6.11. The predicted octanol–water partition coefficient (Wildman–Crippen LogP) is 1.31. The first-order valence-electron chi connectivity index (χ1n) is 4.16. The van der Waals surface area contributed by atoms with Crippen LogP contribution in [0.15, 0.2) is 24.3 Å². The number of hydrogen-bond acceptors (Lipinski definition) is 2. The van der Waals surface area contributed by atoms with Gasteiger partial charge in [-0.2, -0.15) is 0 Å². The molecule has 0 aromatic heterocycles. The van der Waals surface area contributed by atoms with Gasteiger partial charge in [0, 0.05) is 5.69 Å². The van der Waals surface area contributed by atoms with Crippen molar-refractivity contribution >= 4 is 11.6 Å². The summed E-state index contributed by atoms with van der Waals surface area (Å²) in [7, 11) is 0. The molecule has 1 atom stereocenters. The minimum atomic E-state index is -0.973. The van der Waals surface area contributed by atoms with Gasteiger partial charge in [0.25, 0.3) is 5.91 Å². The second-order valence-corrected chi connectivity index (χ2v) is 2.98. The van der Waals surface area contributed by atoms with Crippen LogP contribution in [0.2, 0.25) is 0 Å². The summed E-state index contributed by atoms with van der Waals surface area (Å²) in [5.41, 5.74) is 1.73. The summed E-state index contributed by atoms with van der Waals surface area (Å²) in [6, 6.07) is 7.44. The van der Waals surface area contributed by atoms with Crippen molar-refractivity contribution in [1.82, 2.24) is 0 Å². The third-order valence-electron chi connectivity index (χ3n) is 1.78. The van der Waals surface area contributed by atoms with Crippen molar-refractivity contribution in [3.05, 3.63) is 29.8 Å². The molecule has 0 saturated carbocycles. The van der Waals surface area contributed by atoms with E-state index in [4.69, 9.17) is 5.11 Å². The van der Waals surface area contributed by atoms with Gasteiger partial charge in [-0.3, -0.25) is 4.79 Å². The average Bonchev–Trinajstić information content (AvgIpc) is 2.08. The van der Waals surface area contributed by atoms with E-state index in [0.717, 1.165) is 11.3 Å². The molecule has 0 heterocycles. The van der Waals surface area contributed by atoms with Crippen LogP contribution in [0.5, 0.6) is 0 Å². The summed E-state index contributed by atoms with van der Waals surface area (Å²) in [4.78, 5) is 11.1. The molecule has 1 rings (SSSR count). The Morgan fingerprint density at radius 3 is 2.62 bits per heavy atom. The summed E-state index contributed by atoms with van der Waals surface area (Å²) in [5.74, 6) is -0.380. The number of aliphatic hydroxyl groups is 1. The van der Waals surface area contributed by atoms with Crippen molar-refractivity contribution in [2.45, 2.75) is 20.0 Å². The maximum atomic E-state index is 11.1. The van der Waals surface area contributed by atoms with E-state index in [1.165, 1.54) is 6.92 Å². The van der Waals surface area contributed by atoms with Crippen LogP contribution in [0.1, 0.15) is 12.5 Å². The Balaban J connectivity index is 2.75. The Kier molecular flexibility index (Phi) is 3.03. The number of benzene rings is 1. The van der Waals surface area contributed by atoms with Crippen molar-refractivity contribution in [1.29, 1.82) is 0 Å². The van der Waals surface area contributed by atoms with E-state index >= 15 is 0 Å². The molecule has 1 amide bonds. The fourth-order valence-electron chi connectivity index (χ4n) is 0.950. The summed E-state index contributed by atoms with van der Waals surface area (Å²) in [6.07, 6.45) is -0.973. The molecule has 0 aliphatic heterocycles.